The molecule has 0 heterocycles. The summed E-state index contributed by atoms with van der Waals surface area (Å²) in [6.07, 6.45) is 1.13. The normalized spacial score (nSPS) is 12.8. The van der Waals surface area contributed by atoms with Crippen molar-refractivity contribution in [3.63, 3.8) is 0 Å². The van der Waals surface area contributed by atoms with Crippen molar-refractivity contribution in [2.75, 3.05) is 11.5 Å². The van der Waals surface area contributed by atoms with Gasteiger partial charge in [0.1, 0.15) is 0 Å². The second-order valence-corrected chi connectivity index (χ2v) is 3.65. The average molecular weight is 178 g/mol. The van der Waals surface area contributed by atoms with Crippen LogP contribution in [0.5, 0.6) is 0 Å². The zero-order valence-electron chi connectivity index (χ0n) is 8.59. The van der Waals surface area contributed by atoms with Gasteiger partial charge in [0, 0.05) is 0 Å². The van der Waals surface area contributed by atoms with Crippen molar-refractivity contribution < 1.29 is 0 Å². The maximum absolute atomic E-state index is 5.79. The van der Waals surface area contributed by atoms with E-state index in [4.69, 9.17) is 11.5 Å². The minimum atomic E-state index is 0.557. The number of aryl methyl sites for hydroxylation is 1. The third kappa shape index (κ3) is 1.94. The van der Waals surface area contributed by atoms with Gasteiger partial charge in [-0.1, -0.05) is 19.9 Å². The van der Waals surface area contributed by atoms with E-state index in [0.29, 0.717) is 17.3 Å². The van der Waals surface area contributed by atoms with Crippen molar-refractivity contribution in [2.24, 2.45) is 0 Å². The molecule has 1 aromatic carbocycles. The van der Waals surface area contributed by atoms with Gasteiger partial charge in [0.15, 0.2) is 0 Å². The van der Waals surface area contributed by atoms with E-state index >= 15 is 0 Å². The maximum Gasteiger partial charge on any atom is 0.0577 e. The predicted octanol–water partition coefficient (Wildman–Crippen LogP) is 2.67. The van der Waals surface area contributed by atoms with Crippen LogP contribution in [0.1, 0.15) is 37.3 Å². The lowest BCUT2D eigenvalue weighted by Gasteiger charge is -2.13. The van der Waals surface area contributed by atoms with Crippen LogP contribution < -0.4 is 11.5 Å². The van der Waals surface area contributed by atoms with Gasteiger partial charge in [0.25, 0.3) is 0 Å². The van der Waals surface area contributed by atoms with Gasteiger partial charge in [0.2, 0.25) is 0 Å². The molecule has 0 fully saturated rings. The van der Waals surface area contributed by atoms with Crippen LogP contribution in [0.3, 0.4) is 0 Å². The number of nitrogen functional groups attached to an aromatic ring is 2. The van der Waals surface area contributed by atoms with Crippen LogP contribution in [0.25, 0.3) is 0 Å². The molecule has 13 heavy (non-hydrogen) atoms. The van der Waals surface area contributed by atoms with E-state index in [1.165, 1.54) is 5.56 Å². The van der Waals surface area contributed by atoms with Crippen molar-refractivity contribution in [3.8, 4) is 0 Å². The van der Waals surface area contributed by atoms with Gasteiger partial charge >= 0.3 is 0 Å². The standard InChI is InChI=1S/C11H18N2/c1-4-7(2)9-5-8(3)11(13)10(12)6-9/h5-7H,4,12-13H2,1-3H3. The molecule has 1 aromatic rings. The Bertz CT molecular complexity index is 282. The SMILES string of the molecule is CCC(C)c1cc(C)c(N)c(N)c1. The second-order valence-electron chi connectivity index (χ2n) is 3.65. The van der Waals surface area contributed by atoms with Gasteiger partial charge in [-0.25, -0.2) is 0 Å². The number of rotatable bonds is 2. The molecule has 1 unspecified atom stereocenters. The molecular weight excluding hydrogens is 160 g/mol. The average Bonchev–Trinajstić information content (AvgIpc) is 2.12. The molecule has 72 valence electrons. The molecule has 0 saturated heterocycles. The van der Waals surface area contributed by atoms with Crippen LogP contribution in [0.4, 0.5) is 11.4 Å². The lowest BCUT2D eigenvalue weighted by atomic mass is 9.96. The Labute approximate surface area is 79.9 Å². The van der Waals surface area contributed by atoms with Crippen LogP contribution in [0.2, 0.25) is 0 Å². The Hall–Kier alpha value is -1.18. The van der Waals surface area contributed by atoms with E-state index in [9.17, 15) is 0 Å². The fourth-order valence-corrected chi connectivity index (χ4v) is 1.37. The summed E-state index contributed by atoms with van der Waals surface area (Å²) in [5, 5.41) is 0. The highest BCUT2D eigenvalue weighted by molar-refractivity contribution is 5.68. The third-order valence-electron chi connectivity index (χ3n) is 2.62. The molecule has 0 saturated carbocycles. The molecule has 0 bridgehead atoms. The third-order valence-corrected chi connectivity index (χ3v) is 2.62. The van der Waals surface area contributed by atoms with Gasteiger partial charge < -0.3 is 11.5 Å². The van der Waals surface area contributed by atoms with Crippen LogP contribution >= 0.6 is 0 Å². The van der Waals surface area contributed by atoms with Crippen molar-refractivity contribution in [1.29, 1.82) is 0 Å². The molecule has 0 aliphatic carbocycles. The van der Waals surface area contributed by atoms with E-state index in [-0.39, 0.29) is 0 Å². The first-order chi connectivity index (χ1) is 6.06. The number of benzene rings is 1. The predicted molar refractivity (Wildman–Crippen MR) is 58.7 cm³/mol. The highest BCUT2D eigenvalue weighted by atomic mass is 14.7. The van der Waals surface area contributed by atoms with E-state index in [1.54, 1.807) is 0 Å². The molecule has 0 spiro atoms. The summed E-state index contributed by atoms with van der Waals surface area (Å²) in [5.74, 6) is 0.557. The van der Waals surface area contributed by atoms with Crippen LogP contribution in [0, 0.1) is 6.92 Å². The molecule has 2 heteroatoms. The molecule has 0 aliphatic rings. The Morgan fingerprint density at radius 1 is 1.31 bits per heavy atom. The Balaban J connectivity index is 3.13. The molecular formula is C11H18N2. The molecule has 0 amide bonds. The number of anilines is 2. The fourth-order valence-electron chi connectivity index (χ4n) is 1.37. The smallest absolute Gasteiger partial charge is 0.0577 e. The Morgan fingerprint density at radius 3 is 2.38 bits per heavy atom. The van der Waals surface area contributed by atoms with Gasteiger partial charge in [0.05, 0.1) is 11.4 Å². The van der Waals surface area contributed by atoms with Crippen LogP contribution in [0.15, 0.2) is 12.1 Å². The number of nitrogens with two attached hydrogens (primary N) is 2. The lowest BCUT2D eigenvalue weighted by molar-refractivity contribution is 0.733. The molecule has 1 atom stereocenters. The van der Waals surface area contributed by atoms with Crippen molar-refractivity contribution in [3.05, 3.63) is 23.3 Å². The van der Waals surface area contributed by atoms with Gasteiger partial charge in [-0.2, -0.15) is 0 Å². The Morgan fingerprint density at radius 2 is 1.92 bits per heavy atom. The summed E-state index contributed by atoms with van der Waals surface area (Å²) in [6, 6.07) is 4.11. The topological polar surface area (TPSA) is 52.0 Å². The molecule has 0 radical (unpaired) electrons. The molecule has 0 aromatic heterocycles. The molecule has 0 aliphatic heterocycles. The summed E-state index contributed by atoms with van der Waals surface area (Å²) >= 11 is 0. The largest absolute Gasteiger partial charge is 0.397 e. The minimum absolute atomic E-state index is 0.557. The quantitative estimate of drug-likeness (QED) is 0.684. The van der Waals surface area contributed by atoms with Gasteiger partial charge in [-0.3, -0.25) is 0 Å². The van der Waals surface area contributed by atoms with E-state index in [1.807, 2.05) is 13.0 Å². The van der Waals surface area contributed by atoms with Crippen molar-refractivity contribution >= 4 is 11.4 Å². The highest BCUT2D eigenvalue weighted by Crippen LogP contribution is 2.27. The Kier molecular flexibility index (Phi) is 2.81. The first-order valence-corrected chi connectivity index (χ1v) is 4.71. The molecule has 4 N–H and O–H groups in total. The van der Waals surface area contributed by atoms with E-state index in [0.717, 1.165) is 12.0 Å². The first-order valence-electron chi connectivity index (χ1n) is 4.71. The van der Waals surface area contributed by atoms with E-state index in [2.05, 4.69) is 19.9 Å². The maximum atomic E-state index is 5.79. The monoisotopic (exact) mass is 178 g/mol. The van der Waals surface area contributed by atoms with Crippen molar-refractivity contribution in [1.82, 2.24) is 0 Å². The minimum Gasteiger partial charge on any atom is -0.397 e. The summed E-state index contributed by atoms with van der Waals surface area (Å²) in [4.78, 5) is 0. The molecule has 1 rings (SSSR count). The number of hydrogen-bond donors (Lipinski definition) is 2. The lowest BCUT2D eigenvalue weighted by Crippen LogP contribution is -2.01. The van der Waals surface area contributed by atoms with Crippen molar-refractivity contribution in [2.45, 2.75) is 33.1 Å². The highest BCUT2D eigenvalue weighted by Gasteiger charge is 2.06. The molecule has 2 nitrogen and oxygen atoms in total. The van der Waals surface area contributed by atoms with Crippen LogP contribution in [-0.4, -0.2) is 0 Å². The fraction of sp³-hybridized carbons (Fsp3) is 0.455. The first kappa shape index (κ1) is 9.90. The van der Waals surface area contributed by atoms with Crippen LogP contribution in [-0.2, 0) is 0 Å². The summed E-state index contributed by atoms with van der Waals surface area (Å²) in [7, 11) is 0. The summed E-state index contributed by atoms with van der Waals surface area (Å²) in [6.45, 7) is 6.37. The van der Waals surface area contributed by atoms with Gasteiger partial charge in [-0.15, -0.1) is 0 Å². The second kappa shape index (κ2) is 3.69. The summed E-state index contributed by atoms with van der Waals surface area (Å²) in [5.41, 5.74) is 15.3. The zero-order chi connectivity index (χ0) is 10.0. The zero-order valence-corrected chi connectivity index (χ0v) is 8.59. The number of hydrogen-bond acceptors (Lipinski definition) is 2. The van der Waals surface area contributed by atoms with Gasteiger partial charge in [-0.05, 0) is 36.5 Å². The summed E-state index contributed by atoms with van der Waals surface area (Å²) < 4.78 is 0. The van der Waals surface area contributed by atoms with E-state index < -0.39 is 0 Å².